The highest BCUT2D eigenvalue weighted by atomic mass is 127. The largest absolute Gasteiger partial charge is 0.298 e. The van der Waals surface area contributed by atoms with Crippen molar-refractivity contribution < 1.29 is 5.32 Å². The molecule has 0 bridgehead atoms. The third-order valence-electron chi connectivity index (χ3n) is 1.92. The summed E-state index contributed by atoms with van der Waals surface area (Å²) in [4.78, 5) is 0. The van der Waals surface area contributed by atoms with Gasteiger partial charge >= 0.3 is 0 Å². The maximum Gasteiger partial charge on any atom is 0.208 e. The number of hydrazine groups is 1. The topological polar surface area (TPSA) is 54.7 Å². The van der Waals surface area contributed by atoms with Crippen molar-refractivity contribution in [3.8, 4) is 0 Å². The van der Waals surface area contributed by atoms with Crippen molar-refractivity contribution in [2.75, 3.05) is 6.54 Å². The van der Waals surface area contributed by atoms with Gasteiger partial charge in [0.25, 0.3) is 0 Å². The van der Waals surface area contributed by atoms with Crippen molar-refractivity contribution in [3.05, 3.63) is 11.9 Å². The van der Waals surface area contributed by atoms with Crippen LogP contribution in [0.15, 0.2) is 11.9 Å². The Bertz CT molecular complexity index is 154. The molecule has 0 aromatic heterocycles. The molecule has 3 nitrogen and oxygen atoms in total. The van der Waals surface area contributed by atoms with Gasteiger partial charge in [0.2, 0.25) is 5.82 Å². The fraction of sp³-hybridized carbons (Fsp3) is 0.714. The summed E-state index contributed by atoms with van der Waals surface area (Å²) in [6.07, 6.45) is 3.26. The average molecular weight is 270 g/mol. The molecule has 0 radical (unpaired) electrons. The molecule has 0 atom stereocenters. The number of halogens is 1. The molecule has 0 fully saturated rings. The van der Waals surface area contributed by atoms with Gasteiger partial charge in [0.15, 0.2) is 0 Å². The fourth-order valence-electron chi connectivity index (χ4n) is 1.06. The molecule has 4 heteroatoms. The van der Waals surface area contributed by atoms with E-state index in [0.29, 0.717) is 5.41 Å². The highest BCUT2D eigenvalue weighted by Crippen LogP contribution is 2.19. The van der Waals surface area contributed by atoms with Crippen LogP contribution in [0.25, 0.3) is 0 Å². The van der Waals surface area contributed by atoms with Gasteiger partial charge in [0, 0.05) is 5.41 Å². The van der Waals surface area contributed by atoms with Crippen molar-refractivity contribution in [1.29, 1.82) is 0 Å². The Balaban J connectivity index is 0.000001000. The van der Waals surface area contributed by atoms with Gasteiger partial charge < -0.3 is 0 Å². The zero-order valence-electron chi connectivity index (χ0n) is 7.05. The monoisotopic (exact) mass is 270 g/mol. The summed E-state index contributed by atoms with van der Waals surface area (Å²) in [5, 5.41) is 2.14. The van der Waals surface area contributed by atoms with E-state index in [1.165, 1.54) is 0 Å². The molecule has 1 heterocycles. The Morgan fingerprint density at radius 2 is 2.27 bits per heavy atom. The van der Waals surface area contributed by atoms with Crippen LogP contribution in [-0.4, -0.2) is 6.54 Å². The van der Waals surface area contributed by atoms with E-state index in [0.717, 1.165) is 18.8 Å². The summed E-state index contributed by atoms with van der Waals surface area (Å²) < 4.78 is 0. The number of nitrogens with one attached hydrogen (secondary N) is 1. The first-order valence-corrected chi connectivity index (χ1v) is 3.64. The van der Waals surface area contributed by atoms with Crippen molar-refractivity contribution in [2.24, 2.45) is 11.3 Å². The number of nitrogens with two attached hydrogens (primary N) is 2. The van der Waals surface area contributed by atoms with Gasteiger partial charge in [-0.05, 0) is 12.5 Å². The molecule has 5 N–H and O–H groups in total. The van der Waals surface area contributed by atoms with Crippen LogP contribution in [0, 0.1) is 5.41 Å². The molecule has 1 aliphatic rings. The Morgan fingerprint density at radius 3 is 2.64 bits per heavy atom. The summed E-state index contributed by atoms with van der Waals surface area (Å²) in [6, 6.07) is 0. The van der Waals surface area contributed by atoms with Gasteiger partial charge in [-0.2, -0.15) is 0 Å². The molecule has 0 aromatic carbocycles. The number of quaternary nitrogens is 1. The van der Waals surface area contributed by atoms with E-state index in [-0.39, 0.29) is 24.0 Å². The van der Waals surface area contributed by atoms with Crippen LogP contribution < -0.4 is 16.6 Å². The van der Waals surface area contributed by atoms with E-state index in [4.69, 9.17) is 5.84 Å². The first kappa shape index (κ1) is 11.2. The Labute approximate surface area is 84.8 Å². The number of hydrogen-bond donors (Lipinski definition) is 3. The van der Waals surface area contributed by atoms with Crippen molar-refractivity contribution in [2.45, 2.75) is 20.3 Å². The summed E-state index contributed by atoms with van der Waals surface area (Å²) in [5.74, 6) is 6.31. The minimum Gasteiger partial charge on any atom is -0.298 e. The summed E-state index contributed by atoms with van der Waals surface area (Å²) >= 11 is 0. The molecule has 0 saturated carbocycles. The summed E-state index contributed by atoms with van der Waals surface area (Å²) in [7, 11) is 0. The van der Waals surface area contributed by atoms with Gasteiger partial charge in [-0.25, -0.2) is 5.84 Å². The molecule has 66 valence electrons. The molecule has 1 aliphatic heterocycles. The van der Waals surface area contributed by atoms with E-state index in [1.807, 2.05) is 0 Å². The van der Waals surface area contributed by atoms with Gasteiger partial charge in [0.1, 0.15) is 0 Å². The molecular formula is C7H17IN3+. The van der Waals surface area contributed by atoms with Crippen LogP contribution in [0.4, 0.5) is 0 Å². The first-order chi connectivity index (χ1) is 4.64. The van der Waals surface area contributed by atoms with Gasteiger partial charge in [-0.1, -0.05) is 13.8 Å². The predicted molar refractivity (Wildman–Crippen MR) is 56.0 cm³/mol. The molecule has 0 spiro atoms. The number of allylic oxidation sites excluding steroid dienone is 1. The SMILES string of the molecule is CC1(C)CC=C(NN)[NH2+]C1.I. The lowest BCUT2D eigenvalue weighted by Crippen LogP contribution is -2.88. The highest BCUT2D eigenvalue weighted by molar-refractivity contribution is 14.0. The lowest BCUT2D eigenvalue weighted by molar-refractivity contribution is -0.628. The van der Waals surface area contributed by atoms with Crippen LogP contribution in [0.1, 0.15) is 20.3 Å². The molecule has 0 aliphatic carbocycles. The highest BCUT2D eigenvalue weighted by Gasteiger charge is 2.23. The molecule has 1 rings (SSSR count). The van der Waals surface area contributed by atoms with E-state index >= 15 is 0 Å². The van der Waals surface area contributed by atoms with E-state index in [9.17, 15) is 0 Å². The van der Waals surface area contributed by atoms with Crippen molar-refractivity contribution in [1.82, 2.24) is 5.43 Å². The maximum atomic E-state index is 5.24. The molecule has 0 saturated heterocycles. The Kier molecular flexibility index (Phi) is 4.35. The summed E-state index contributed by atoms with van der Waals surface area (Å²) in [5.41, 5.74) is 3.08. The van der Waals surface area contributed by atoms with E-state index in [1.54, 1.807) is 0 Å². The third-order valence-corrected chi connectivity index (χ3v) is 1.92. The average Bonchev–Trinajstić information content (AvgIpc) is 1.88. The Hall–Kier alpha value is 0.190. The minimum absolute atomic E-state index is 0. The second kappa shape index (κ2) is 4.27. The van der Waals surface area contributed by atoms with Crippen molar-refractivity contribution >= 4 is 24.0 Å². The smallest absolute Gasteiger partial charge is 0.208 e. The lowest BCUT2D eigenvalue weighted by atomic mass is 9.87. The predicted octanol–water partition coefficient (Wildman–Crippen LogP) is -0.0976. The summed E-state index contributed by atoms with van der Waals surface area (Å²) in [6.45, 7) is 5.63. The maximum absolute atomic E-state index is 5.24. The quantitative estimate of drug-likeness (QED) is 0.354. The lowest BCUT2D eigenvalue weighted by Gasteiger charge is -2.25. The minimum atomic E-state index is 0. The van der Waals surface area contributed by atoms with Gasteiger partial charge in [-0.15, -0.1) is 24.0 Å². The van der Waals surface area contributed by atoms with Gasteiger partial charge in [-0.3, -0.25) is 10.7 Å². The zero-order valence-corrected chi connectivity index (χ0v) is 9.38. The van der Waals surface area contributed by atoms with Crippen LogP contribution in [-0.2, 0) is 0 Å². The molecule has 11 heavy (non-hydrogen) atoms. The fourth-order valence-corrected chi connectivity index (χ4v) is 1.06. The third kappa shape index (κ3) is 3.39. The molecular weight excluding hydrogens is 253 g/mol. The van der Waals surface area contributed by atoms with E-state index in [2.05, 4.69) is 30.7 Å². The molecule has 0 aromatic rings. The van der Waals surface area contributed by atoms with Crippen LogP contribution in [0.3, 0.4) is 0 Å². The van der Waals surface area contributed by atoms with Crippen LogP contribution in [0.2, 0.25) is 0 Å². The van der Waals surface area contributed by atoms with Gasteiger partial charge in [0.05, 0.1) is 6.54 Å². The number of rotatable bonds is 1. The van der Waals surface area contributed by atoms with Crippen LogP contribution >= 0.6 is 24.0 Å². The zero-order chi connectivity index (χ0) is 7.61. The normalized spacial score (nSPS) is 21.5. The molecule has 0 amide bonds. The van der Waals surface area contributed by atoms with Crippen LogP contribution in [0.5, 0.6) is 0 Å². The Morgan fingerprint density at radius 1 is 1.64 bits per heavy atom. The second-order valence-electron chi connectivity index (χ2n) is 3.58. The van der Waals surface area contributed by atoms with Crippen molar-refractivity contribution in [3.63, 3.8) is 0 Å². The second-order valence-corrected chi connectivity index (χ2v) is 3.58. The standard InChI is InChI=1S/C7H15N3.HI/c1-7(2)4-3-6(10-8)9-5-7;/h3,9-10H,4-5,8H2,1-2H3;1H/p+1. The number of hydrogen-bond acceptors (Lipinski definition) is 2. The first-order valence-electron chi connectivity index (χ1n) is 3.64. The van der Waals surface area contributed by atoms with E-state index < -0.39 is 0 Å². The molecule has 0 unspecified atom stereocenters.